The highest BCUT2D eigenvalue weighted by Gasteiger charge is 2.42. The van der Waals surface area contributed by atoms with Crippen LogP contribution in [0.1, 0.15) is 52.4 Å². The molecule has 1 atom stereocenters. The molecule has 0 aromatic rings. The lowest BCUT2D eigenvalue weighted by atomic mass is 9.81. The number of nitrogens with zero attached hydrogens (tertiary/aromatic N) is 3. The highest BCUT2D eigenvalue weighted by Crippen LogP contribution is 2.37. The zero-order chi connectivity index (χ0) is 18.0. The standard InChI is InChI=1S/C19H33N3O3/c1-15(23)20(3)18-6-13-25-19(14-18)7-11-22(12-8-19)17-4-9-21(10-5-17)16(2)24/h17-18H,4-14H2,1-3H3. The van der Waals surface area contributed by atoms with Crippen molar-refractivity contribution in [1.29, 1.82) is 0 Å². The summed E-state index contributed by atoms with van der Waals surface area (Å²) in [5.41, 5.74) is -0.0385. The summed E-state index contributed by atoms with van der Waals surface area (Å²) >= 11 is 0. The molecule has 2 amide bonds. The maximum absolute atomic E-state index is 11.7. The van der Waals surface area contributed by atoms with Gasteiger partial charge >= 0.3 is 0 Å². The molecule has 6 nitrogen and oxygen atoms in total. The van der Waals surface area contributed by atoms with Crippen molar-refractivity contribution in [3.63, 3.8) is 0 Å². The zero-order valence-electron chi connectivity index (χ0n) is 16.0. The average Bonchev–Trinajstić information content (AvgIpc) is 2.62. The molecule has 1 unspecified atom stereocenters. The van der Waals surface area contributed by atoms with E-state index in [9.17, 15) is 9.59 Å². The van der Waals surface area contributed by atoms with Gasteiger partial charge in [0.05, 0.1) is 5.60 Å². The second-order valence-electron chi connectivity index (χ2n) is 8.08. The predicted molar refractivity (Wildman–Crippen MR) is 96.2 cm³/mol. The summed E-state index contributed by atoms with van der Waals surface area (Å²) in [4.78, 5) is 29.6. The third-order valence-electron chi connectivity index (χ3n) is 6.65. The average molecular weight is 351 g/mol. The lowest BCUT2D eigenvalue weighted by molar-refractivity contribution is -0.148. The lowest BCUT2D eigenvalue weighted by Gasteiger charge is -2.50. The molecule has 1 spiro atoms. The van der Waals surface area contributed by atoms with Gasteiger partial charge in [0.15, 0.2) is 0 Å². The Morgan fingerprint density at radius 3 is 2.24 bits per heavy atom. The summed E-state index contributed by atoms with van der Waals surface area (Å²) < 4.78 is 6.23. The normalized spacial score (nSPS) is 28.1. The summed E-state index contributed by atoms with van der Waals surface area (Å²) in [6.07, 6.45) is 6.21. The van der Waals surface area contributed by atoms with Crippen molar-refractivity contribution in [1.82, 2.24) is 14.7 Å². The maximum atomic E-state index is 11.7. The van der Waals surface area contributed by atoms with E-state index < -0.39 is 0 Å². The van der Waals surface area contributed by atoms with Crippen molar-refractivity contribution in [3.8, 4) is 0 Å². The zero-order valence-corrected chi connectivity index (χ0v) is 16.0. The van der Waals surface area contributed by atoms with Crippen LogP contribution < -0.4 is 0 Å². The number of carbonyl (C=O) groups excluding carboxylic acids is 2. The van der Waals surface area contributed by atoms with Gasteiger partial charge in [0.25, 0.3) is 0 Å². The van der Waals surface area contributed by atoms with E-state index in [0.29, 0.717) is 12.1 Å². The molecule has 0 N–H and O–H groups in total. The molecule has 0 aromatic heterocycles. The number of carbonyl (C=O) groups is 2. The van der Waals surface area contributed by atoms with Gasteiger partial charge in [-0.1, -0.05) is 0 Å². The molecule has 3 aliphatic rings. The molecule has 3 rings (SSSR count). The third-order valence-corrected chi connectivity index (χ3v) is 6.65. The molecule has 25 heavy (non-hydrogen) atoms. The largest absolute Gasteiger partial charge is 0.375 e. The summed E-state index contributed by atoms with van der Waals surface area (Å²) in [6.45, 7) is 8.01. The van der Waals surface area contributed by atoms with Crippen LogP contribution in [0, 0.1) is 0 Å². The Balaban J connectivity index is 1.51. The summed E-state index contributed by atoms with van der Waals surface area (Å²) in [5.74, 6) is 0.351. The first-order valence-electron chi connectivity index (χ1n) is 9.77. The van der Waals surface area contributed by atoms with Gasteiger partial charge in [0.1, 0.15) is 0 Å². The van der Waals surface area contributed by atoms with E-state index in [2.05, 4.69) is 4.90 Å². The fourth-order valence-corrected chi connectivity index (χ4v) is 4.78. The van der Waals surface area contributed by atoms with Crippen LogP contribution in [-0.4, -0.2) is 84.0 Å². The van der Waals surface area contributed by atoms with Crippen molar-refractivity contribution in [3.05, 3.63) is 0 Å². The van der Waals surface area contributed by atoms with Crippen LogP contribution in [0.15, 0.2) is 0 Å². The number of rotatable bonds is 2. The second-order valence-corrected chi connectivity index (χ2v) is 8.08. The van der Waals surface area contributed by atoms with Crippen LogP contribution in [0.3, 0.4) is 0 Å². The van der Waals surface area contributed by atoms with Gasteiger partial charge in [-0.15, -0.1) is 0 Å². The fraction of sp³-hybridized carbons (Fsp3) is 0.895. The molecule has 0 radical (unpaired) electrons. The minimum absolute atomic E-state index is 0.0385. The highest BCUT2D eigenvalue weighted by atomic mass is 16.5. The first-order valence-corrected chi connectivity index (χ1v) is 9.77. The molecular weight excluding hydrogens is 318 g/mol. The van der Waals surface area contributed by atoms with E-state index in [4.69, 9.17) is 4.74 Å². The summed E-state index contributed by atoms with van der Waals surface area (Å²) in [5, 5.41) is 0. The van der Waals surface area contributed by atoms with Crippen LogP contribution in [0.25, 0.3) is 0 Å². The van der Waals surface area contributed by atoms with Gasteiger partial charge < -0.3 is 19.4 Å². The van der Waals surface area contributed by atoms with Gasteiger partial charge in [0, 0.05) is 65.8 Å². The van der Waals surface area contributed by atoms with Gasteiger partial charge in [-0.05, 0) is 38.5 Å². The van der Waals surface area contributed by atoms with E-state index in [-0.39, 0.29) is 17.4 Å². The third kappa shape index (κ3) is 4.17. The number of hydrogen-bond acceptors (Lipinski definition) is 4. The molecule has 0 saturated carbocycles. The molecule has 3 heterocycles. The molecule has 142 valence electrons. The van der Waals surface area contributed by atoms with E-state index >= 15 is 0 Å². The van der Waals surface area contributed by atoms with E-state index in [0.717, 1.165) is 71.3 Å². The Kier molecular flexibility index (Phi) is 5.68. The lowest BCUT2D eigenvalue weighted by Crippen LogP contribution is -2.56. The highest BCUT2D eigenvalue weighted by molar-refractivity contribution is 5.73. The van der Waals surface area contributed by atoms with Crippen molar-refractivity contribution in [2.75, 3.05) is 39.8 Å². The van der Waals surface area contributed by atoms with Gasteiger partial charge in [-0.25, -0.2) is 0 Å². The van der Waals surface area contributed by atoms with E-state index in [1.54, 1.807) is 13.8 Å². The molecule has 0 aliphatic carbocycles. The summed E-state index contributed by atoms with van der Waals surface area (Å²) in [6, 6.07) is 0.920. The number of hydrogen-bond donors (Lipinski definition) is 0. The van der Waals surface area contributed by atoms with Crippen LogP contribution in [-0.2, 0) is 14.3 Å². The molecule has 0 aromatic carbocycles. The molecule has 0 bridgehead atoms. The summed E-state index contributed by atoms with van der Waals surface area (Å²) in [7, 11) is 1.92. The van der Waals surface area contributed by atoms with Crippen LogP contribution in [0.2, 0.25) is 0 Å². The monoisotopic (exact) mass is 351 g/mol. The smallest absolute Gasteiger partial charge is 0.219 e. The molecule has 3 aliphatic heterocycles. The Labute approximate surface area is 151 Å². The van der Waals surface area contributed by atoms with Gasteiger partial charge in [0.2, 0.25) is 11.8 Å². The van der Waals surface area contributed by atoms with Crippen LogP contribution in [0.5, 0.6) is 0 Å². The predicted octanol–water partition coefficient (Wildman–Crippen LogP) is 1.49. The van der Waals surface area contributed by atoms with Crippen molar-refractivity contribution in [2.24, 2.45) is 0 Å². The maximum Gasteiger partial charge on any atom is 0.219 e. The van der Waals surface area contributed by atoms with Crippen molar-refractivity contribution >= 4 is 11.8 Å². The Hall–Kier alpha value is -1.14. The minimum atomic E-state index is -0.0385. The molecule has 3 fully saturated rings. The Bertz CT molecular complexity index is 494. The van der Waals surface area contributed by atoms with E-state index in [1.807, 2.05) is 16.8 Å². The molecular formula is C19H33N3O3. The topological polar surface area (TPSA) is 53.1 Å². The first-order chi connectivity index (χ1) is 11.9. The minimum Gasteiger partial charge on any atom is -0.375 e. The second kappa shape index (κ2) is 7.62. The number of piperidine rings is 2. The fourth-order valence-electron chi connectivity index (χ4n) is 4.78. The van der Waals surface area contributed by atoms with Gasteiger partial charge in [-0.2, -0.15) is 0 Å². The number of likely N-dealkylation sites (tertiary alicyclic amines) is 2. The first kappa shape index (κ1) is 18.6. The van der Waals surface area contributed by atoms with Gasteiger partial charge in [-0.3, -0.25) is 9.59 Å². The van der Waals surface area contributed by atoms with Crippen molar-refractivity contribution < 1.29 is 14.3 Å². The van der Waals surface area contributed by atoms with E-state index in [1.165, 1.54) is 0 Å². The van der Waals surface area contributed by atoms with Crippen molar-refractivity contribution in [2.45, 2.75) is 70.1 Å². The quantitative estimate of drug-likeness (QED) is 0.756. The Morgan fingerprint density at radius 1 is 1.04 bits per heavy atom. The number of amides is 2. The Morgan fingerprint density at radius 2 is 1.68 bits per heavy atom. The molecule has 6 heteroatoms. The number of ether oxygens (including phenoxy) is 1. The van der Waals surface area contributed by atoms with Crippen LogP contribution in [0.4, 0.5) is 0 Å². The SMILES string of the molecule is CC(=O)N1CCC(N2CCC3(CC2)CC(N(C)C(C)=O)CCO3)CC1. The molecule has 3 saturated heterocycles. The van der Waals surface area contributed by atoms with Crippen LogP contribution >= 0.6 is 0 Å².